The summed E-state index contributed by atoms with van der Waals surface area (Å²) in [6.07, 6.45) is 0.0440. The molecule has 0 bridgehead atoms. The first-order valence-electron chi connectivity index (χ1n) is 10.1. The molecule has 1 aliphatic heterocycles. The van der Waals surface area contributed by atoms with Gasteiger partial charge in [0, 0.05) is 44.8 Å². The van der Waals surface area contributed by atoms with Crippen LogP contribution < -0.4 is 4.90 Å². The van der Waals surface area contributed by atoms with E-state index in [-0.39, 0.29) is 11.7 Å². The van der Waals surface area contributed by atoms with Crippen molar-refractivity contribution < 1.29 is 18.0 Å². The molecule has 3 aromatic rings. The average Bonchev–Trinajstić information content (AvgIpc) is 3.26. The van der Waals surface area contributed by atoms with E-state index in [4.69, 9.17) is 0 Å². The number of nitrogens with zero attached hydrogens (tertiary/aromatic N) is 5. The lowest BCUT2D eigenvalue weighted by Gasteiger charge is -2.35. The molecule has 0 radical (unpaired) electrons. The molecule has 1 aliphatic rings. The van der Waals surface area contributed by atoms with Crippen molar-refractivity contribution in [2.24, 2.45) is 0 Å². The van der Waals surface area contributed by atoms with Gasteiger partial charge in [0.25, 0.3) is 0 Å². The summed E-state index contributed by atoms with van der Waals surface area (Å²) >= 11 is 1.39. The second-order valence-electron chi connectivity index (χ2n) is 7.43. The van der Waals surface area contributed by atoms with Crippen LogP contribution in [0.5, 0.6) is 0 Å². The number of alkyl halides is 3. The van der Waals surface area contributed by atoms with Gasteiger partial charge in [-0.2, -0.15) is 13.2 Å². The van der Waals surface area contributed by atoms with Gasteiger partial charge in [-0.1, -0.05) is 30.0 Å². The number of benzene rings is 1. The summed E-state index contributed by atoms with van der Waals surface area (Å²) < 4.78 is 40.1. The van der Waals surface area contributed by atoms with E-state index in [1.807, 2.05) is 46.9 Å². The summed E-state index contributed by atoms with van der Waals surface area (Å²) in [5.41, 5.74) is 1.38. The summed E-state index contributed by atoms with van der Waals surface area (Å²) in [5.74, 6) is 0.760. The Balaban J connectivity index is 1.31. The maximum Gasteiger partial charge on any atom is 0.417 e. The zero-order valence-electron chi connectivity index (χ0n) is 17.4. The Morgan fingerprint density at radius 2 is 1.81 bits per heavy atom. The fourth-order valence-corrected chi connectivity index (χ4v) is 4.43. The van der Waals surface area contributed by atoms with E-state index >= 15 is 0 Å². The van der Waals surface area contributed by atoms with Crippen molar-refractivity contribution in [3.63, 3.8) is 0 Å². The third kappa shape index (κ3) is 4.90. The summed E-state index contributed by atoms with van der Waals surface area (Å²) in [5, 5.41) is 0.750. The highest BCUT2D eigenvalue weighted by Crippen LogP contribution is 2.29. The Bertz CT molecular complexity index is 1080. The van der Waals surface area contributed by atoms with Crippen LogP contribution in [0.15, 0.2) is 60.1 Å². The van der Waals surface area contributed by atoms with Gasteiger partial charge in [-0.05, 0) is 30.7 Å². The maximum absolute atomic E-state index is 12.7. The molecule has 1 amide bonds. The van der Waals surface area contributed by atoms with Gasteiger partial charge >= 0.3 is 6.18 Å². The molecule has 1 fully saturated rings. The molecule has 6 nitrogen and oxygen atoms in total. The number of aryl methyl sites for hydroxylation is 1. The van der Waals surface area contributed by atoms with Crippen LogP contribution in [-0.2, 0) is 11.0 Å². The molecule has 10 heteroatoms. The van der Waals surface area contributed by atoms with E-state index in [0.717, 1.165) is 28.7 Å². The number of carbonyl (C=O) groups excluding carboxylic acids is 1. The van der Waals surface area contributed by atoms with Crippen molar-refractivity contribution in [1.82, 2.24) is 19.4 Å². The lowest BCUT2D eigenvalue weighted by molar-refractivity contribution is -0.137. The molecule has 32 heavy (non-hydrogen) atoms. The summed E-state index contributed by atoms with van der Waals surface area (Å²) in [4.78, 5) is 24.7. The number of anilines is 1. The minimum Gasteiger partial charge on any atom is -0.353 e. The van der Waals surface area contributed by atoms with E-state index in [1.165, 1.54) is 17.8 Å². The molecule has 4 rings (SSSR count). The highest BCUT2D eigenvalue weighted by atomic mass is 32.2. The lowest BCUT2D eigenvalue weighted by Crippen LogP contribution is -2.49. The van der Waals surface area contributed by atoms with Gasteiger partial charge in [-0.3, -0.25) is 9.36 Å². The zero-order chi connectivity index (χ0) is 22.7. The average molecular weight is 462 g/mol. The monoisotopic (exact) mass is 461 g/mol. The van der Waals surface area contributed by atoms with E-state index < -0.39 is 11.7 Å². The molecule has 0 spiro atoms. The first-order valence-corrected chi connectivity index (χ1v) is 11.1. The van der Waals surface area contributed by atoms with Gasteiger partial charge in [0.1, 0.15) is 5.82 Å². The van der Waals surface area contributed by atoms with Gasteiger partial charge in [-0.15, -0.1) is 0 Å². The van der Waals surface area contributed by atoms with Crippen molar-refractivity contribution in [2.45, 2.75) is 18.3 Å². The Morgan fingerprint density at radius 3 is 2.47 bits per heavy atom. The van der Waals surface area contributed by atoms with Crippen molar-refractivity contribution >= 4 is 23.5 Å². The molecule has 2 aromatic heterocycles. The molecular weight excluding hydrogens is 439 g/mol. The van der Waals surface area contributed by atoms with Gasteiger partial charge < -0.3 is 9.80 Å². The van der Waals surface area contributed by atoms with E-state index in [2.05, 4.69) is 9.97 Å². The minimum atomic E-state index is -4.40. The van der Waals surface area contributed by atoms with Crippen LogP contribution in [0.25, 0.3) is 5.69 Å². The van der Waals surface area contributed by atoms with Crippen LogP contribution >= 0.6 is 11.8 Å². The van der Waals surface area contributed by atoms with Crippen LogP contribution in [0.1, 0.15) is 11.1 Å². The number of aromatic nitrogens is 3. The molecule has 3 heterocycles. The van der Waals surface area contributed by atoms with Crippen molar-refractivity contribution in [3.05, 3.63) is 66.1 Å². The third-order valence-electron chi connectivity index (χ3n) is 5.34. The number of carbonyl (C=O) groups is 1. The predicted octanol–water partition coefficient (Wildman–Crippen LogP) is 4.04. The molecule has 0 atom stereocenters. The molecule has 1 saturated heterocycles. The first-order chi connectivity index (χ1) is 15.3. The predicted molar refractivity (Wildman–Crippen MR) is 117 cm³/mol. The van der Waals surface area contributed by atoms with Crippen molar-refractivity contribution in [2.75, 3.05) is 36.8 Å². The number of hydrogen-bond acceptors (Lipinski definition) is 5. The summed E-state index contributed by atoms with van der Waals surface area (Å²) in [6.45, 7) is 4.06. The Kier molecular flexibility index (Phi) is 6.40. The van der Waals surface area contributed by atoms with Gasteiger partial charge in [0.2, 0.25) is 5.91 Å². The molecule has 168 valence electrons. The highest BCUT2D eigenvalue weighted by molar-refractivity contribution is 7.99. The Morgan fingerprint density at radius 1 is 1.06 bits per heavy atom. The normalized spacial score (nSPS) is 14.6. The smallest absolute Gasteiger partial charge is 0.353 e. The van der Waals surface area contributed by atoms with Crippen LogP contribution in [-0.4, -0.2) is 57.3 Å². The number of para-hydroxylation sites is 1. The van der Waals surface area contributed by atoms with Crippen molar-refractivity contribution in [1.29, 1.82) is 0 Å². The fraction of sp³-hybridized carbons (Fsp3) is 0.318. The first kappa shape index (κ1) is 22.2. The standard InChI is InChI=1S/C22H22F3N5OS/c1-16-4-2-3-5-18(16)30-9-8-26-21(30)32-15-20(31)29-12-10-28(11-13-29)19-7-6-17(14-27-19)22(23,24)25/h2-9,14H,10-13,15H2,1H3. The van der Waals surface area contributed by atoms with Crippen LogP contribution in [0, 0.1) is 6.92 Å². The Labute approximate surface area is 188 Å². The van der Waals surface area contributed by atoms with Gasteiger partial charge in [-0.25, -0.2) is 9.97 Å². The summed E-state index contributed by atoms with van der Waals surface area (Å²) in [7, 11) is 0. The molecule has 0 unspecified atom stereocenters. The van der Waals surface area contributed by atoms with E-state index in [9.17, 15) is 18.0 Å². The molecule has 1 aromatic carbocycles. The summed E-state index contributed by atoms with van der Waals surface area (Å²) in [6, 6.07) is 10.4. The largest absolute Gasteiger partial charge is 0.417 e. The zero-order valence-corrected chi connectivity index (χ0v) is 18.2. The third-order valence-corrected chi connectivity index (χ3v) is 6.29. The number of piperazine rings is 1. The second-order valence-corrected chi connectivity index (χ2v) is 8.37. The minimum absolute atomic E-state index is 0.00867. The van der Waals surface area contributed by atoms with Crippen LogP contribution in [0.4, 0.5) is 19.0 Å². The fourth-order valence-electron chi connectivity index (χ4n) is 3.56. The quantitative estimate of drug-likeness (QED) is 0.537. The van der Waals surface area contributed by atoms with E-state index in [1.54, 1.807) is 11.1 Å². The molecule has 0 saturated carbocycles. The number of thioether (sulfide) groups is 1. The number of rotatable bonds is 5. The molecule has 0 N–H and O–H groups in total. The molecule has 0 aliphatic carbocycles. The number of imidazole rings is 1. The number of amides is 1. The van der Waals surface area contributed by atoms with Crippen LogP contribution in [0.3, 0.4) is 0 Å². The van der Waals surface area contributed by atoms with Crippen molar-refractivity contribution in [3.8, 4) is 5.69 Å². The SMILES string of the molecule is Cc1ccccc1-n1ccnc1SCC(=O)N1CCN(c2ccc(C(F)(F)F)cn2)CC1. The van der Waals surface area contributed by atoms with Gasteiger partial charge in [0.05, 0.1) is 17.0 Å². The lowest BCUT2D eigenvalue weighted by atomic mass is 10.2. The second kappa shape index (κ2) is 9.23. The topological polar surface area (TPSA) is 54.3 Å². The van der Waals surface area contributed by atoms with Crippen LogP contribution in [0.2, 0.25) is 0 Å². The highest BCUT2D eigenvalue weighted by Gasteiger charge is 2.31. The number of halogens is 3. The number of hydrogen-bond donors (Lipinski definition) is 0. The maximum atomic E-state index is 12.7. The molecular formula is C22H22F3N5OS. The van der Waals surface area contributed by atoms with E-state index in [0.29, 0.717) is 32.0 Å². The number of pyridine rings is 1. The van der Waals surface area contributed by atoms with Gasteiger partial charge in [0.15, 0.2) is 5.16 Å². The Hall–Kier alpha value is -3.01.